The maximum absolute atomic E-state index is 6.37. The Morgan fingerprint density at radius 1 is 1.27 bits per heavy atom. The minimum Gasteiger partial charge on any atom is -0.493 e. The second-order valence-electron chi connectivity index (χ2n) is 6.15. The summed E-state index contributed by atoms with van der Waals surface area (Å²) in [4.78, 5) is 8.60. The summed E-state index contributed by atoms with van der Waals surface area (Å²) in [6, 6.07) is 5.48. The van der Waals surface area contributed by atoms with Gasteiger partial charge in [-0.3, -0.25) is 4.98 Å². The van der Waals surface area contributed by atoms with Crippen LogP contribution in [0.4, 0.5) is 0 Å². The van der Waals surface area contributed by atoms with E-state index in [4.69, 9.17) is 25.6 Å². The van der Waals surface area contributed by atoms with Crippen molar-refractivity contribution in [3.63, 3.8) is 0 Å². The van der Waals surface area contributed by atoms with E-state index in [0.717, 1.165) is 11.1 Å². The third kappa shape index (κ3) is 3.96. The van der Waals surface area contributed by atoms with Crippen LogP contribution in [0.2, 0.25) is 5.02 Å². The second kappa shape index (κ2) is 7.74. The molecule has 136 valence electrons. The highest BCUT2D eigenvalue weighted by atomic mass is 35.5. The van der Waals surface area contributed by atoms with Crippen LogP contribution in [0.5, 0.6) is 11.5 Å². The molecule has 0 radical (unpaired) electrons. The number of ether oxygens (including phenoxy) is 2. The van der Waals surface area contributed by atoms with Gasteiger partial charge < -0.3 is 14.0 Å². The maximum Gasteiger partial charge on any atom is 0.231 e. The van der Waals surface area contributed by atoms with Gasteiger partial charge in [-0.25, -0.2) is 0 Å². The largest absolute Gasteiger partial charge is 0.493 e. The van der Waals surface area contributed by atoms with Gasteiger partial charge in [0.25, 0.3) is 0 Å². The lowest BCUT2D eigenvalue weighted by Gasteiger charge is -2.15. The first-order valence-electron chi connectivity index (χ1n) is 8.24. The lowest BCUT2D eigenvalue weighted by Crippen LogP contribution is -2.07. The van der Waals surface area contributed by atoms with Crippen molar-refractivity contribution in [3.8, 4) is 22.9 Å². The number of hydrogen-bond acceptors (Lipinski definition) is 6. The Hall–Kier alpha value is -2.60. The molecule has 2 aromatic heterocycles. The van der Waals surface area contributed by atoms with Crippen molar-refractivity contribution in [2.24, 2.45) is 0 Å². The average Bonchev–Trinajstić information content (AvgIpc) is 3.07. The summed E-state index contributed by atoms with van der Waals surface area (Å²) in [7, 11) is 1.56. The zero-order valence-electron chi connectivity index (χ0n) is 15.1. The molecular weight excluding hydrogens is 354 g/mol. The third-order valence-electron chi connectivity index (χ3n) is 3.80. The molecule has 0 spiro atoms. The summed E-state index contributed by atoms with van der Waals surface area (Å²) >= 11 is 6.37. The molecule has 0 N–H and O–H groups in total. The minimum absolute atomic E-state index is 0.0215. The fraction of sp³-hybridized carbons (Fsp3) is 0.316. The van der Waals surface area contributed by atoms with E-state index in [9.17, 15) is 0 Å². The van der Waals surface area contributed by atoms with Crippen LogP contribution in [0.25, 0.3) is 11.4 Å². The number of benzene rings is 1. The van der Waals surface area contributed by atoms with Crippen molar-refractivity contribution in [1.82, 2.24) is 15.1 Å². The van der Waals surface area contributed by atoms with E-state index in [0.29, 0.717) is 40.2 Å². The van der Waals surface area contributed by atoms with Gasteiger partial charge in [-0.1, -0.05) is 16.8 Å². The highest BCUT2D eigenvalue weighted by Gasteiger charge is 2.17. The van der Waals surface area contributed by atoms with Gasteiger partial charge in [-0.2, -0.15) is 4.98 Å². The minimum atomic E-state index is -0.0215. The number of rotatable bonds is 6. The Labute approximate surface area is 157 Å². The van der Waals surface area contributed by atoms with Crippen molar-refractivity contribution in [1.29, 1.82) is 0 Å². The lowest BCUT2D eigenvalue weighted by molar-refractivity contribution is 0.230. The fourth-order valence-corrected chi connectivity index (χ4v) is 2.74. The first-order chi connectivity index (χ1) is 12.5. The van der Waals surface area contributed by atoms with Crippen LogP contribution in [-0.4, -0.2) is 28.3 Å². The molecule has 3 rings (SSSR count). The molecular formula is C19H20ClN3O3. The maximum atomic E-state index is 6.37. The first kappa shape index (κ1) is 18.2. The smallest absolute Gasteiger partial charge is 0.231 e. The van der Waals surface area contributed by atoms with E-state index >= 15 is 0 Å². The average molecular weight is 374 g/mol. The summed E-state index contributed by atoms with van der Waals surface area (Å²) in [5.41, 5.74) is 2.86. The lowest BCUT2D eigenvalue weighted by atomic mass is 10.1. The number of nitrogens with zero attached hydrogens (tertiary/aromatic N) is 3. The van der Waals surface area contributed by atoms with Gasteiger partial charge in [-0.05, 0) is 50.1 Å². The molecule has 0 unspecified atom stereocenters. The van der Waals surface area contributed by atoms with Crippen LogP contribution in [0, 0.1) is 6.92 Å². The van der Waals surface area contributed by atoms with Gasteiger partial charge in [0.05, 0.1) is 24.7 Å². The molecule has 0 saturated carbocycles. The predicted molar refractivity (Wildman–Crippen MR) is 98.8 cm³/mol. The van der Waals surface area contributed by atoms with Crippen LogP contribution in [-0.2, 0) is 6.42 Å². The molecule has 0 saturated heterocycles. The highest BCUT2D eigenvalue weighted by molar-refractivity contribution is 6.32. The molecule has 7 heteroatoms. The van der Waals surface area contributed by atoms with Crippen molar-refractivity contribution in [2.75, 3.05) is 7.11 Å². The van der Waals surface area contributed by atoms with E-state index < -0.39 is 0 Å². The van der Waals surface area contributed by atoms with Crippen molar-refractivity contribution < 1.29 is 14.0 Å². The van der Waals surface area contributed by atoms with Crippen LogP contribution in [0.3, 0.4) is 0 Å². The number of pyridine rings is 1. The Kier molecular flexibility index (Phi) is 5.42. The van der Waals surface area contributed by atoms with Crippen molar-refractivity contribution >= 4 is 11.6 Å². The molecule has 1 aromatic carbocycles. The first-order valence-corrected chi connectivity index (χ1v) is 8.62. The number of aryl methyl sites for hydroxylation is 1. The summed E-state index contributed by atoms with van der Waals surface area (Å²) in [6.45, 7) is 5.87. The molecule has 0 aliphatic heterocycles. The van der Waals surface area contributed by atoms with Gasteiger partial charge in [0.15, 0.2) is 11.5 Å². The molecule has 3 aromatic rings. The zero-order valence-corrected chi connectivity index (χ0v) is 15.9. The molecule has 0 fully saturated rings. The SMILES string of the molecule is COc1cc(-c2noc(Cc3cnccc3C)n2)cc(Cl)c1OC(C)C. The monoisotopic (exact) mass is 373 g/mol. The van der Waals surface area contributed by atoms with Crippen molar-refractivity contribution in [2.45, 2.75) is 33.3 Å². The van der Waals surface area contributed by atoms with Crippen LogP contribution >= 0.6 is 11.6 Å². The summed E-state index contributed by atoms with van der Waals surface area (Å²) in [5, 5.41) is 4.49. The molecule has 0 atom stereocenters. The Balaban J connectivity index is 1.89. The van der Waals surface area contributed by atoms with E-state index in [1.165, 1.54) is 0 Å². The summed E-state index contributed by atoms with van der Waals surface area (Å²) in [6.07, 6.45) is 4.06. The molecule has 0 bridgehead atoms. The third-order valence-corrected chi connectivity index (χ3v) is 4.08. The number of aromatic nitrogens is 3. The Morgan fingerprint density at radius 2 is 2.08 bits per heavy atom. The molecule has 6 nitrogen and oxygen atoms in total. The summed E-state index contributed by atoms with van der Waals surface area (Å²) < 4.78 is 16.5. The van der Waals surface area contributed by atoms with Crippen LogP contribution in [0.1, 0.15) is 30.9 Å². The molecule has 2 heterocycles. The standard InChI is InChI=1S/C19H20ClN3O3/c1-11(2)25-18-15(20)7-13(8-16(18)24-4)19-22-17(26-23-19)9-14-10-21-6-5-12(14)3/h5-8,10-11H,9H2,1-4H3. The number of halogens is 1. The predicted octanol–water partition coefficient (Wildman–Crippen LogP) is 4.48. The fourth-order valence-electron chi connectivity index (χ4n) is 2.49. The normalized spacial score (nSPS) is 11.0. The van der Waals surface area contributed by atoms with Gasteiger partial charge >= 0.3 is 0 Å². The van der Waals surface area contributed by atoms with Gasteiger partial charge in [-0.15, -0.1) is 0 Å². The van der Waals surface area contributed by atoms with E-state index in [1.807, 2.05) is 26.8 Å². The van der Waals surface area contributed by atoms with Crippen molar-refractivity contribution in [3.05, 3.63) is 52.6 Å². The molecule has 0 aliphatic rings. The quantitative estimate of drug-likeness (QED) is 0.634. The highest BCUT2D eigenvalue weighted by Crippen LogP contribution is 2.39. The van der Waals surface area contributed by atoms with Crippen LogP contribution in [0.15, 0.2) is 35.1 Å². The van der Waals surface area contributed by atoms with Gasteiger partial charge in [0.1, 0.15) is 0 Å². The van der Waals surface area contributed by atoms with Crippen LogP contribution < -0.4 is 9.47 Å². The molecule has 0 amide bonds. The number of methoxy groups -OCH3 is 1. The topological polar surface area (TPSA) is 70.3 Å². The van der Waals surface area contributed by atoms with E-state index in [2.05, 4.69) is 15.1 Å². The van der Waals surface area contributed by atoms with Gasteiger partial charge in [0, 0.05) is 18.0 Å². The van der Waals surface area contributed by atoms with Gasteiger partial charge in [0.2, 0.25) is 11.7 Å². The van der Waals surface area contributed by atoms with E-state index in [-0.39, 0.29) is 6.10 Å². The molecule has 0 aliphatic carbocycles. The van der Waals surface area contributed by atoms with E-state index in [1.54, 1.807) is 31.6 Å². The molecule has 26 heavy (non-hydrogen) atoms. The number of hydrogen-bond donors (Lipinski definition) is 0. The summed E-state index contributed by atoms with van der Waals surface area (Å²) in [5.74, 6) is 1.98. The Morgan fingerprint density at radius 3 is 2.77 bits per heavy atom. The zero-order chi connectivity index (χ0) is 18.7. The Bertz CT molecular complexity index is 909. The second-order valence-corrected chi connectivity index (χ2v) is 6.55.